The van der Waals surface area contributed by atoms with Crippen molar-refractivity contribution in [3.8, 4) is 0 Å². The fourth-order valence-electron chi connectivity index (χ4n) is 1.12. The van der Waals surface area contributed by atoms with Gasteiger partial charge in [0.2, 0.25) is 0 Å². The van der Waals surface area contributed by atoms with Crippen LogP contribution in [0.1, 0.15) is 24.3 Å². The molecule has 1 aromatic rings. The largest absolute Gasteiger partial charge is 0.325 e. The second-order valence-corrected chi connectivity index (χ2v) is 4.05. The van der Waals surface area contributed by atoms with Crippen LogP contribution < -0.4 is 5.32 Å². The molecular formula is C11H11BrN2O2. The SMILES string of the molecule is CC(=O)C=C(C)NC(=O)c1cccc(Br)n1. The highest BCUT2D eigenvalue weighted by atomic mass is 79.9. The van der Waals surface area contributed by atoms with Crippen molar-refractivity contribution in [1.82, 2.24) is 10.3 Å². The van der Waals surface area contributed by atoms with E-state index in [4.69, 9.17) is 0 Å². The first kappa shape index (κ1) is 12.6. The Morgan fingerprint density at radius 3 is 2.62 bits per heavy atom. The summed E-state index contributed by atoms with van der Waals surface area (Å²) in [6, 6.07) is 5.05. The van der Waals surface area contributed by atoms with Gasteiger partial charge in [0.1, 0.15) is 10.3 Å². The molecular weight excluding hydrogens is 272 g/mol. The van der Waals surface area contributed by atoms with Crippen LogP contribution in [0.3, 0.4) is 0 Å². The number of amides is 1. The molecule has 5 heteroatoms. The molecule has 4 nitrogen and oxygen atoms in total. The van der Waals surface area contributed by atoms with Crippen LogP contribution in [0, 0.1) is 0 Å². The fourth-order valence-corrected chi connectivity index (χ4v) is 1.46. The molecule has 1 rings (SSSR count). The molecule has 0 aromatic carbocycles. The molecule has 0 radical (unpaired) electrons. The Morgan fingerprint density at radius 2 is 2.06 bits per heavy atom. The molecule has 16 heavy (non-hydrogen) atoms. The Balaban J connectivity index is 2.77. The predicted octanol–water partition coefficient (Wildman–Crippen LogP) is 2.07. The predicted molar refractivity (Wildman–Crippen MR) is 63.8 cm³/mol. The molecule has 0 spiro atoms. The van der Waals surface area contributed by atoms with E-state index >= 15 is 0 Å². The van der Waals surface area contributed by atoms with E-state index in [-0.39, 0.29) is 11.7 Å². The minimum absolute atomic E-state index is 0.111. The second-order valence-electron chi connectivity index (χ2n) is 3.24. The summed E-state index contributed by atoms with van der Waals surface area (Å²) in [5.74, 6) is -0.448. The van der Waals surface area contributed by atoms with Crippen LogP contribution >= 0.6 is 15.9 Å². The number of hydrogen-bond acceptors (Lipinski definition) is 3. The maximum Gasteiger partial charge on any atom is 0.274 e. The zero-order chi connectivity index (χ0) is 12.1. The van der Waals surface area contributed by atoms with Crippen LogP contribution in [0.25, 0.3) is 0 Å². The van der Waals surface area contributed by atoms with Gasteiger partial charge in [-0.2, -0.15) is 0 Å². The standard InChI is InChI=1S/C11H11BrN2O2/c1-7(6-8(2)15)13-11(16)9-4-3-5-10(12)14-9/h3-6H,1-2H3,(H,13,16). The number of aromatic nitrogens is 1. The molecule has 0 saturated carbocycles. The van der Waals surface area contributed by atoms with Crippen molar-refractivity contribution in [2.75, 3.05) is 0 Å². The maximum atomic E-state index is 11.6. The molecule has 0 unspecified atom stereocenters. The summed E-state index contributed by atoms with van der Waals surface area (Å²) in [5.41, 5.74) is 0.796. The van der Waals surface area contributed by atoms with Gasteiger partial charge in [-0.15, -0.1) is 0 Å². The molecule has 0 saturated heterocycles. The van der Waals surface area contributed by atoms with E-state index in [1.165, 1.54) is 13.0 Å². The number of allylic oxidation sites excluding steroid dienone is 2. The fraction of sp³-hybridized carbons (Fsp3) is 0.182. The van der Waals surface area contributed by atoms with Crippen molar-refractivity contribution in [2.45, 2.75) is 13.8 Å². The van der Waals surface area contributed by atoms with Crippen LogP contribution in [0.2, 0.25) is 0 Å². The van der Waals surface area contributed by atoms with E-state index in [0.29, 0.717) is 16.0 Å². The molecule has 1 amide bonds. The number of ketones is 1. The van der Waals surface area contributed by atoms with Gasteiger partial charge in [-0.3, -0.25) is 9.59 Å². The Morgan fingerprint density at radius 1 is 1.38 bits per heavy atom. The van der Waals surface area contributed by atoms with E-state index in [9.17, 15) is 9.59 Å². The van der Waals surface area contributed by atoms with Gasteiger partial charge in [-0.1, -0.05) is 6.07 Å². The first-order valence-corrected chi connectivity index (χ1v) is 5.41. The quantitative estimate of drug-likeness (QED) is 0.682. The van der Waals surface area contributed by atoms with Crippen LogP contribution in [-0.2, 0) is 4.79 Å². The molecule has 0 aliphatic carbocycles. The van der Waals surface area contributed by atoms with Crippen molar-refractivity contribution in [3.05, 3.63) is 40.3 Å². The number of carbonyl (C=O) groups excluding carboxylic acids is 2. The monoisotopic (exact) mass is 282 g/mol. The highest BCUT2D eigenvalue weighted by molar-refractivity contribution is 9.10. The smallest absolute Gasteiger partial charge is 0.274 e. The van der Waals surface area contributed by atoms with Gasteiger partial charge in [0, 0.05) is 5.70 Å². The number of nitrogens with zero attached hydrogens (tertiary/aromatic N) is 1. The zero-order valence-electron chi connectivity index (χ0n) is 8.95. The van der Waals surface area contributed by atoms with Gasteiger partial charge in [0.05, 0.1) is 0 Å². The Bertz CT molecular complexity index is 455. The zero-order valence-corrected chi connectivity index (χ0v) is 10.5. The third kappa shape index (κ3) is 3.94. The summed E-state index contributed by atoms with van der Waals surface area (Å²) in [5, 5.41) is 2.57. The van der Waals surface area contributed by atoms with E-state index in [1.54, 1.807) is 25.1 Å². The average molecular weight is 283 g/mol. The van der Waals surface area contributed by atoms with Crippen LogP contribution in [0.5, 0.6) is 0 Å². The molecule has 0 bridgehead atoms. The first-order chi connectivity index (χ1) is 7.49. The minimum Gasteiger partial charge on any atom is -0.325 e. The number of carbonyl (C=O) groups is 2. The highest BCUT2D eigenvalue weighted by Gasteiger charge is 2.07. The highest BCUT2D eigenvalue weighted by Crippen LogP contribution is 2.06. The van der Waals surface area contributed by atoms with Gasteiger partial charge >= 0.3 is 0 Å². The van der Waals surface area contributed by atoms with Crippen molar-refractivity contribution < 1.29 is 9.59 Å². The summed E-state index contributed by atoms with van der Waals surface area (Å²) in [6.07, 6.45) is 1.36. The molecule has 1 heterocycles. The molecule has 1 aromatic heterocycles. The number of hydrogen-bond donors (Lipinski definition) is 1. The molecule has 0 aliphatic rings. The summed E-state index contributed by atoms with van der Waals surface area (Å²) < 4.78 is 0.591. The molecule has 1 N–H and O–H groups in total. The van der Waals surface area contributed by atoms with Crippen LogP contribution in [0.15, 0.2) is 34.6 Å². The van der Waals surface area contributed by atoms with Gasteiger partial charge in [-0.05, 0) is 48.0 Å². The normalized spacial score (nSPS) is 11.1. The van der Waals surface area contributed by atoms with E-state index in [0.717, 1.165) is 0 Å². The summed E-state index contributed by atoms with van der Waals surface area (Å²) in [4.78, 5) is 26.4. The first-order valence-electron chi connectivity index (χ1n) is 4.62. The molecule has 0 atom stereocenters. The third-order valence-corrected chi connectivity index (χ3v) is 2.12. The Hall–Kier alpha value is -1.49. The third-order valence-electron chi connectivity index (χ3n) is 1.68. The topological polar surface area (TPSA) is 59.1 Å². The van der Waals surface area contributed by atoms with E-state index in [1.807, 2.05) is 0 Å². The van der Waals surface area contributed by atoms with Crippen molar-refractivity contribution >= 4 is 27.6 Å². The van der Waals surface area contributed by atoms with Gasteiger partial charge in [0.25, 0.3) is 5.91 Å². The number of rotatable bonds is 3. The van der Waals surface area contributed by atoms with Crippen molar-refractivity contribution in [1.29, 1.82) is 0 Å². The maximum absolute atomic E-state index is 11.6. The van der Waals surface area contributed by atoms with Gasteiger partial charge < -0.3 is 5.32 Å². The lowest BCUT2D eigenvalue weighted by atomic mass is 10.3. The minimum atomic E-state index is -0.337. The molecule has 0 aliphatic heterocycles. The van der Waals surface area contributed by atoms with Gasteiger partial charge in [0.15, 0.2) is 5.78 Å². The van der Waals surface area contributed by atoms with Crippen LogP contribution in [0.4, 0.5) is 0 Å². The lowest BCUT2D eigenvalue weighted by Gasteiger charge is -2.04. The summed E-state index contributed by atoms with van der Waals surface area (Å²) in [7, 11) is 0. The molecule has 84 valence electrons. The van der Waals surface area contributed by atoms with Crippen molar-refractivity contribution in [2.24, 2.45) is 0 Å². The van der Waals surface area contributed by atoms with E-state index < -0.39 is 0 Å². The lowest BCUT2D eigenvalue weighted by molar-refractivity contribution is -0.112. The summed E-state index contributed by atoms with van der Waals surface area (Å²) in [6.45, 7) is 3.07. The molecule has 0 fully saturated rings. The number of nitrogens with one attached hydrogen (secondary N) is 1. The van der Waals surface area contributed by atoms with Gasteiger partial charge in [-0.25, -0.2) is 4.98 Å². The average Bonchev–Trinajstić information content (AvgIpc) is 2.16. The number of halogens is 1. The Kier molecular flexibility index (Phi) is 4.37. The van der Waals surface area contributed by atoms with Crippen LogP contribution in [-0.4, -0.2) is 16.7 Å². The second kappa shape index (κ2) is 5.55. The Labute approximate surface area is 102 Å². The number of pyridine rings is 1. The van der Waals surface area contributed by atoms with Crippen molar-refractivity contribution in [3.63, 3.8) is 0 Å². The summed E-state index contributed by atoms with van der Waals surface area (Å²) >= 11 is 3.18. The lowest BCUT2D eigenvalue weighted by Crippen LogP contribution is -2.22. The van der Waals surface area contributed by atoms with E-state index in [2.05, 4.69) is 26.2 Å².